The van der Waals surface area contributed by atoms with E-state index >= 15 is 0 Å². The maximum Gasteiger partial charge on any atom is 0.255 e. The summed E-state index contributed by atoms with van der Waals surface area (Å²) in [7, 11) is 0. The molecule has 3 aromatic rings. The standard InChI is InChI=1S/C20H20ClN3OS/c1-13-5-7-15(21)12-17(13)22-19(25)14-6-8-16-18(11-14)26-20(23-16)24-9-3-2-4-10-24/h5-8,11-12H,2-4,9-10H2,1H3,(H,22,25). The predicted octanol–water partition coefficient (Wildman–Crippen LogP) is 5.50. The first-order valence-electron chi connectivity index (χ1n) is 8.83. The first-order valence-corrected chi connectivity index (χ1v) is 10.0. The van der Waals surface area contributed by atoms with Crippen LogP contribution in [-0.2, 0) is 0 Å². The van der Waals surface area contributed by atoms with Crippen molar-refractivity contribution in [3.05, 3.63) is 52.5 Å². The van der Waals surface area contributed by atoms with Crippen molar-refractivity contribution < 1.29 is 4.79 Å². The van der Waals surface area contributed by atoms with Gasteiger partial charge in [-0.25, -0.2) is 4.98 Å². The lowest BCUT2D eigenvalue weighted by molar-refractivity contribution is 0.102. The zero-order chi connectivity index (χ0) is 18.1. The molecule has 1 N–H and O–H groups in total. The van der Waals surface area contributed by atoms with Gasteiger partial charge in [-0.3, -0.25) is 4.79 Å². The highest BCUT2D eigenvalue weighted by molar-refractivity contribution is 7.22. The van der Waals surface area contributed by atoms with Gasteiger partial charge in [-0.1, -0.05) is 29.0 Å². The molecular formula is C20H20ClN3OS. The lowest BCUT2D eigenvalue weighted by Gasteiger charge is -2.25. The fourth-order valence-electron chi connectivity index (χ4n) is 3.20. The Balaban J connectivity index is 1.58. The molecule has 0 unspecified atom stereocenters. The SMILES string of the molecule is Cc1ccc(Cl)cc1NC(=O)c1ccc2nc(N3CCCCC3)sc2c1. The molecule has 2 aromatic carbocycles. The Morgan fingerprint density at radius 1 is 1.15 bits per heavy atom. The van der Waals surface area contributed by atoms with Gasteiger partial charge in [0, 0.05) is 29.4 Å². The first-order chi connectivity index (χ1) is 12.6. The molecule has 0 spiro atoms. The van der Waals surface area contributed by atoms with Crippen molar-refractivity contribution in [2.24, 2.45) is 0 Å². The highest BCUT2D eigenvalue weighted by atomic mass is 35.5. The molecule has 6 heteroatoms. The number of piperidine rings is 1. The average molecular weight is 386 g/mol. The molecule has 0 radical (unpaired) electrons. The lowest BCUT2D eigenvalue weighted by Crippen LogP contribution is -2.29. The van der Waals surface area contributed by atoms with Crippen LogP contribution in [0, 0.1) is 6.92 Å². The molecular weight excluding hydrogens is 366 g/mol. The molecule has 0 bridgehead atoms. The monoisotopic (exact) mass is 385 g/mol. The van der Waals surface area contributed by atoms with Crippen molar-refractivity contribution in [1.29, 1.82) is 0 Å². The number of nitrogens with zero attached hydrogens (tertiary/aromatic N) is 2. The Morgan fingerprint density at radius 2 is 1.96 bits per heavy atom. The van der Waals surface area contributed by atoms with E-state index < -0.39 is 0 Å². The molecule has 134 valence electrons. The molecule has 1 aromatic heterocycles. The van der Waals surface area contributed by atoms with E-state index in [0.29, 0.717) is 10.6 Å². The maximum atomic E-state index is 12.6. The summed E-state index contributed by atoms with van der Waals surface area (Å²) in [5, 5.41) is 4.62. The minimum absolute atomic E-state index is 0.134. The van der Waals surface area contributed by atoms with Gasteiger partial charge < -0.3 is 10.2 Å². The Hall–Kier alpha value is -2.11. The molecule has 4 nitrogen and oxygen atoms in total. The number of nitrogens with one attached hydrogen (secondary N) is 1. The van der Waals surface area contributed by atoms with E-state index in [4.69, 9.17) is 16.6 Å². The van der Waals surface area contributed by atoms with Gasteiger partial charge in [0.1, 0.15) is 0 Å². The van der Waals surface area contributed by atoms with Crippen LogP contribution in [0.5, 0.6) is 0 Å². The number of anilines is 2. The summed E-state index contributed by atoms with van der Waals surface area (Å²) in [6, 6.07) is 11.2. The van der Waals surface area contributed by atoms with Gasteiger partial charge in [-0.05, 0) is 62.1 Å². The number of fused-ring (bicyclic) bond motifs is 1. The van der Waals surface area contributed by atoms with Gasteiger partial charge in [0.25, 0.3) is 5.91 Å². The number of carbonyl (C=O) groups is 1. The van der Waals surface area contributed by atoms with Crippen LogP contribution < -0.4 is 10.2 Å². The van der Waals surface area contributed by atoms with Crippen LogP contribution in [0.1, 0.15) is 35.2 Å². The number of aromatic nitrogens is 1. The third-order valence-electron chi connectivity index (χ3n) is 4.71. The summed E-state index contributed by atoms with van der Waals surface area (Å²) in [6.45, 7) is 4.09. The van der Waals surface area contributed by atoms with Crippen LogP contribution in [0.3, 0.4) is 0 Å². The van der Waals surface area contributed by atoms with Crippen molar-refractivity contribution in [3.8, 4) is 0 Å². The van der Waals surface area contributed by atoms with Crippen molar-refractivity contribution in [1.82, 2.24) is 4.98 Å². The third kappa shape index (κ3) is 3.55. The summed E-state index contributed by atoms with van der Waals surface area (Å²) in [6.07, 6.45) is 3.75. The third-order valence-corrected chi connectivity index (χ3v) is 6.03. The Kier molecular flexibility index (Phi) is 4.83. The van der Waals surface area contributed by atoms with Crippen molar-refractivity contribution >= 4 is 49.9 Å². The highest BCUT2D eigenvalue weighted by Crippen LogP contribution is 2.31. The molecule has 1 fully saturated rings. The van der Waals surface area contributed by atoms with E-state index in [1.54, 1.807) is 17.4 Å². The van der Waals surface area contributed by atoms with Crippen LogP contribution in [0.4, 0.5) is 10.8 Å². The Bertz CT molecular complexity index is 963. The second kappa shape index (κ2) is 7.25. The molecule has 4 rings (SSSR count). The number of halogens is 1. The van der Waals surface area contributed by atoms with Gasteiger partial charge in [-0.2, -0.15) is 0 Å². The number of thiazole rings is 1. The topological polar surface area (TPSA) is 45.2 Å². The van der Waals surface area contributed by atoms with E-state index in [2.05, 4.69) is 10.2 Å². The van der Waals surface area contributed by atoms with Crippen molar-refractivity contribution in [3.63, 3.8) is 0 Å². The van der Waals surface area contributed by atoms with Crippen molar-refractivity contribution in [2.75, 3.05) is 23.3 Å². The molecule has 26 heavy (non-hydrogen) atoms. The Morgan fingerprint density at radius 3 is 2.77 bits per heavy atom. The molecule has 1 amide bonds. The largest absolute Gasteiger partial charge is 0.348 e. The van der Waals surface area contributed by atoms with Gasteiger partial charge in [0.15, 0.2) is 5.13 Å². The summed E-state index contributed by atoms with van der Waals surface area (Å²) in [5.74, 6) is -0.134. The first kappa shape index (κ1) is 17.3. The van der Waals surface area contributed by atoms with E-state index in [1.165, 1.54) is 19.3 Å². The number of carbonyl (C=O) groups excluding carboxylic acids is 1. The average Bonchev–Trinajstić information content (AvgIpc) is 3.08. The summed E-state index contributed by atoms with van der Waals surface area (Å²) >= 11 is 7.70. The minimum Gasteiger partial charge on any atom is -0.348 e. The second-order valence-electron chi connectivity index (χ2n) is 6.64. The van der Waals surface area contributed by atoms with Gasteiger partial charge in [-0.15, -0.1) is 0 Å². The van der Waals surface area contributed by atoms with Gasteiger partial charge in [0.05, 0.1) is 10.2 Å². The van der Waals surface area contributed by atoms with E-state index in [1.807, 2.05) is 37.3 Å². The summed E-state index contributed by atoms with van der Waals surface area (Å²) < 4.78 is 1.04. The maximum absolute atomic E-state index is 12.6. The quantitative estimate of drug-likeness (QED) is 0.647. The zero-order valence-electron chi connectivity index (χ0n) is 14.6. The molecule has 2 heterocycles. The van der Waals surface area contributed by atoms with Crippen LogP contribution in [0.2, 0.25) is 5.02 Å². The van der Waals surface area contributed by atoms with Crippen molar-refractivity contribution in [2.45, 2.75) is 26.2 Å². The smallest absolute Gasteiger partial charge is 0.255 e. The van der Waals surface area contributed by atoms with E-state index in [-0.39, 0.29) is 5.91 Å². The number of hydrogen-bond acceptors (Lipinski definition) is 4. The lowest BCUT2D eigenvalue weighted by atomic mass is 10.1. The second-order valence-corrected chi connectivity index (χ2v) is 8.09. The Labute approximate surface area is 161 Å². The number of rotatable bonds is 3. The number of amides is 1. The van der Waals surface area contributed by atoms with Crippen LogP contribution in [0.25, 0.3) is 10.2 Å². The number of aryl methyl sites for hydroxylation is 1. The summed E-state index contributed by atoms with van der Waals surface area (Å²) in [4.78, 5) is 19.7. The van der Waals surface area contributed by atoms with E-state index in [9.17, 15) is 4.79 Å². The van der Waals surface area contributed by atoms with Gasteiger partial charge in [0.2, 0.25) is 0 Å². The molecule has 1 aliphatic rings. The molecule has 1 saturated heterocycles. The van der Waals surface area contributed by atoms with E-state index in [0.717, 1.165) is 39.7 Å². The number of benzene rings is 2. The fourth-order valence-corrected chi connectivity index (χ4v) is 4.43. The molecule has 1 aliphatic heterocycles. The van der Waals surface area contributed by atoms with Crippen LogP contribution >= 0.6 is 22.9 Å². The highest BCUT2D eigenvalue weighted by Gasteiger charge is 2.16. The van der Waals surface area contributed by atoms with Gasteiger partial charge >= 0.3 is 0 Å². The number of hydrogen-bond donors (Lipinski definition) is 1. The minimum atomic E-state index is -0.134. The molecule has 0 saturated carbocycles. The fraction of sp³-hybridized carbons (Fsp3) is 0.300. The van der Waals surface area contributed by atoms with Crippen LogP contribution in [0.15, 0.2) is 36.4 Å². The molecule has 0 atom stereocenters. The predicted molar refractivity (Wildman–Crippen MR) is 110 cm³/mol. The normalized spacial score (nSPS) is 14.6. The zero-order valence-corrected chi connectivity index (χ0v) is 16.2. The summed E-state index contributed by atoms with van der Waals surface area (Å²) in [5.41, 5.74) is 3.30. The molecule has 0 aliphatic carbocycles. The van der Waals surface area contributed by atoms with Crippen LogP contribution in [-0.4, -0.2) is 24.0 Å².